The molecular formula is C13H21N3O. The van der Waals surface area contributed by atoms with E-state index in [0.29, 0.717) is 12.4 Å². The van der Waals surface area contributed by atoms with Crippen molar-refractivity contribution < 1.29 is 4.74 Å². The Morgan fingerprint density at radius 1 is 1.47 bits per heavy atom. The fourth-order valence-corrected chi connectivity index (χ4v) is 1.65. The largest absolute Gasteiger partial charge is 0.497 e. The Morgan fingerprint density at radius 2 is 2.18 bits per heavy atom. The lowest BCUT2D eigenvalue weighted by Gasteiger charge is -2.23. The lowest BCUT2D eigenvalue weighted by atomic mass is 10.1. The molecule has 0 saturated carbocycles. The van der Waals surface area contributed by atoms with Gasteiger partial charge in [-0.15, -0.1) is 0 Å². The van der Waals surface area contributed by atoms with Crippen LogP contribution in [0, 0.1) is 0 Å². The zero-order valence-corrected chi connectivity index (χ0v) is 11.0. The molecule has 0 saturated heterocycles. The lowest BCUT2D eigenvalue weighted by molar-refractivity contribution is 0.305. The van der Waals surface area contributed by atoms with Crippen molar-refractivity contribution >= 4 is 5.84 Å². The Kier molecular flexibility index (Phi) is 4.97. The summed E-state index contributed by atoms with van der Waals surface area (Å²) in [7, 11) is 5.74. The molecule has 0 heterocycles. The number of amidine groups is 1. The van der Waals surface area contributed by atoms with Crippen molar-refractivity contribution in [2.45, 2.75) is 13.0 Å². The Morgan fingerprint density at radius 3 is 2.71 bits per heavy atom. The molecule has 0 radical (unpaired) electrons. The molecule has 4 nitrogen and oxygen atoms in total. The molecule has 0 aliphatic rings. The number of hydrogen-bond donors (Lipinski definition) is 1. The Balaban J connectivity index is 2.92. The molecule has 0 fully saturated rings. The molecule has 0 amide bonds. The maximum atomic E-state index is 5.58. The number of likely N-dealkylation sites (N-methyl/N-ethyl adjacent to an activating group) is 1. The minimum absolute atomic E-state index is 0.212. The predicted molar refractivity (Wildman–Crippen MR) is 71.6 cm³/mol. The zero-order valence-electron chi connectivity index (χ0n) is 11.0. The number of methoxy groups -OCH3 is 1. The highest BCUT2D eigenvalue weighted by atomic mass is 16.5. The van der Waals surface area contributed by atoms with Crippen molar-refractivity contribution in [3.05, 3.63) is 29.8 Å². The first kappa shape index (κ1) is 13.5. The lowest BCUT2D eigenvalue weighted by Crippen LogP contribution is -2.23. The highest BCUT2D eigenvalue weighted by Crippen LogP contribution is 2.22. The van der Waals surface area contributed by atoms with E-state index in [4.69, 9.17) is 10.5 Å². The summed E-state index contributed by atoms with van der Waals surface area (Å²) in [5.41, 5.74) is 6.76. The summed E-state index contributed by atoms with van der Waals surface area (Å²) in [5, 5.41) is 0. The third kappa shape index (κ3) is 4.07. The van der Waals surface area contributed by atoms with Gasteiger partial charge in [0.25, 0.3) is 0 Å². The van der Waals surface area contributed by atoms with Gasteiger partial charge >= 0.3 is 0 Å². The van der Waals surface area contributed by atoms with Gasteiger partial charge in [0, 0.05) is 0 Å². The average molecular weight is 235 g/mol. The summed E-state index contributed by atoms with van der Waals surface area (Å²) in [5.74, 6) is 1.47. The van der Waals surface area contributed by atoms with Crippen molar-refractivity contribution in [1.29, 1.82) is 0 Å². The van der Waals surface area contributed by atoms with Crippen LogP contribution in [0.4, 0.5) is 0 Å². The molecule has 17 heavy (non-hydrogen) atoms. The minimum Gasteiger partial charge on any atom is -0.497 e. The van der Waals surface area contributed by atoms with Crippen LogP contribution >= 0.6 is 0 Å². The fraction of sp³-hybridized carbons (Fsp3) is 0.462. The third-order valence-electron chi connectivity index (χ3n) is 2.62. The standard InChI is InChI=1S/C13H21N3O/c1-10(14)15-9-13(16(2)3)11-6-5-7-12(8-11)17-4/h5-8,13H,9H2,1-4H3,(H2,14,15). The number of nitrogens with zero attached hydrogens (tertiary/aromatic N) is 2. The topological polar surface area (TPSA) is 50.9 Å². The SMILES string of the molecule is COc1cccc(C(CN=C(C)N)N(C)C)c1. The summed E-state index contributed by atoms with van der Waals surface area (Å²) in [6.07, 6.45) is 0. The molecule has 0 aromatic heterocycles. The molecule has 1 aromatic carbocycles. The first-order chi connectivity index (χ1) is 8.04. The van der Waals surface area contributed by atoms with E-state index in [1.165, 1.54) is 5.56 Å². The molecule has 1 aromatic rings. The Hall–Kier alpha value is -1.55. The van der Waals surface area contributed by atoms with E-state index >= 15 is 0 Å². The van der Waals surface area contributed by atoms with Crippen molar-refractivity contribution in [2.24, 2.45) is 10.7 Å². The second-order valence-corrected chi connectivity index (χ2v) is 4.24. The van der Waals surface area contributed by atoms with Gasteiger partial charge in [-0.05, 0) is 38.7 Å². The van der Waals surface area contributed by atoms with E-state index in [9.17, 15) is 0 Å². The van der Waals surface area contributed by atoms with Crippen LogP contribution in [0.2, 0.25) is 0 Å². The summed E-state index contributed by atoms with van der Waals surface area (Å²) in [6.45, 7) is 2.46. The van der Waals surface area contributed by atoms with E-state index < -0.39 is 0 Å². The van der Waals surface area contributed by atoms with E-state index in [0.717, 1.165) is 5.75 Å². The van der Waals surface area contributed by atoms with Gasteiger partial charge in [0.2, 0.25) is 0 Å². The van der Waals surface area contributed by atoms with Gasteiger partial charge in [-0.3, -0.25) is 4.99 Å². The molecule has 1 rings (SSSR count). The van der Waals surface area contributed by atoms with Crippen molar-refractivity contribution in [1.82, 2.24) is 4.90 Å². The van der Waals surface area contributed by atoms with Crippen LogP contribution in [0.3, 0.4) is 0 Å². The second-order valence-electron chi connectivity index (χ2n) is 4.24. The molecule has 0 aliphatic heterocycles. The fourth-order valence-electron chi connectivity index (χ4n) is 1.65. The van der Waals surface area contributed by atoms with Crippen molar-refractivity contribution in [3.8, 4) is 5.75 Å². The van der Waals surface area contributed by atoms with E-state index in [1.807, 2.05) is 32.3 Å². The van der Waals surface area contributed by atoms with Crippen LogP contribution in [0.1, 0.15) is 18.5 Å². The molecule has 1 unspecified atom stereocenters. The maximum absolute atomic E-state index is 5.58. The highest BCUT2D eigenvalue weighted by Gasteiger charge is 2.13. The van der Waals surface area contributed by atoms with E-state index in [2.05, 4.69) is 16.0 Å². The van der Waals surface area contributed by atoms with E-state index in [1.54, 1.807) is 14.0 Å². The summed E-state index contributed by atoms with van der Waals surface area (Å²) in [4.78, 5) is 6.42. The summed E-state index contributed by atoms with van der Waals surface area (Å²) >= 11 is 0. The molecule has 0 spiro atoms. The molecule has 0 aliphatic carbocycles. The Bertz CT molecular complexity index is 384. The van der Waals surface area contributed by atoms with Crippen LogP contribution in [0.15, 0.2) is 29.3 Å². The predicted octanol–water partition coefficient (Wildman–Crippen LogP) is 1.67. The molecular weight excluding hydrogens is 214 g/mol. The van der Waals surface area contributed by atoms with Gasteiger partial charge in [-0.2, -0.15) is 0 Å². The van der Waals surface area contributed by atoms with Gasteiger partial charge in [0.05, 0.1) is 25.5 Å². The molecule has 1 atom stereocenters. The Labute approximate surface area is 103 Å². The number of aliphatic imine (C=N–C) groups is 1. The van der Waals surface area contributed by atoms with Crippen LogP contribution < -0.4 is 10.5 Å². The second kappa shape index (κ2) is 6.25. The maximum Gasteiger partial charge on any atom is 0.119 e. The average Bonchev–Trinajstić information content (AvgIpc) is 2.28. The first-order valence-electron chi connectivity index (χ1n) is 5.61. The van der Waals surface area contributed by atoms with Crippen molar-refractivity contribution in [3.63, 3.8) is 0 Å². The highest BCUT2D eigenvalue weighted by molar-refractivity contribution is 5.77. The van der Waals surface area contributed by atoms with Gasteiger partial charge in [0.1, 0.15) is 5.75 Å². The normalized spacial score (nSPS) is 13.8. The molecule has 0 bridgehead atoms. The molecule has 2 N–H and O–H groups in total. The smallest absolute Gasteiger partial charge is 0.119 e. The summed E-state index contributed by atoms with van der Waals surface area (Å²) in [6, 6.07) is 8.25. The van der Waals surface area contributed by atoms with Crippen molar-refractivity contribution in [2.75, 3.05) is 27.7 Å². The number of hydrogen-bond acceptors (Lipinski definition) is 3. The van der Waals surface area contributed by atoms with Gasteiger partial charge in [-0.1, -0.05) is 12.1 Å². The number of nitrogens with two attached hydrogens (primary N) is 1. The number of rotatable bonds is 5. The quantitative estimate of drug-likeness (QED) is 0.624. The molecule has 94 valence electrons. The van der Waals surface area contributed by atoms with Gasteiger partial charge < -0.3 is 15.4 Å². The first-order valence-corrected chi connectivity index (χ1v) is 5.61. The zero-order chi connectivity index (χ0) is 12.8. The number of ether oxygens (including phenoxy) is 1. The van der Waals surface area contributed by atoms with Crippen LogP contribution in [0.25, 0.3) is 0 Å². The molecule has 4 heteroatoms. The van der Waals surface area contributed by atoms with Crippen LogP contribution in [-0.2, 0) is 0 Å². The number of benzene rings is 1. The third-order valence-corrected chi connectivity index (χ3v) is 2.62. The van der Waals surface area contributed by atoms with Gasteiger partial charge in [0.15, 0.2) is 0 Å². The van der Waals surface area contributed by atoms with Crippen LogP contribution in [-0.4, -0.2) is 38.5 Å². The van der Waals surface area contributed by atoms with E-state index in [-0.39, 0.29) is 6.04 Å². The monoisotopic (exact) mass is 235 g/mol. The van der Waals surface area contributed by atoms with Gasteiger partial charge in [-0.25, -0.2) is 0 Å². The minimum atomic E-state index is 0.212. The van der Waals surface area contributed by atoms with Crippen LogP contribution in [0.5, 0.6) is 5.75 Å². The summed E-state index contributed by atoms with van der Waals surface area (Å²) < 4.78 is 5.23.